The Labute approximate surface area is 100 Å². The molecular weight excluding hydrogens is 202 g/mol. The van der Waals surface area contributed by atoms with Crippen LogP contribution in [0.4, 0.5) is 0 Å². The van der Waals surface area contributed by atoms with Crippen molar-refractivity contribution >= 4 is 12.6 Å². The summed E-state index contributed by atoms with van der Waals surface area (Å²) in [4.78, 5) is 2.63. The molecule has 0 N–H and O–H groups in total. The van der Waals surface area contributed by atoms with E-state index in [9.17, 15) is 0 Å². The summed E-state index contributed by atoms with van der Waals surface area (Å²) in [5.74, 6) is 1.09. The van der Waals surface area contributed by atoms with Crippen LogP contribution in [-0.2, 0) is 0 Å². The van der Waals surface area contributed by atoms with E-state index in [1.54, 1.807) is 0 Å². The molecule has 0 aromatic heterocycles. The second kappa shape index (κ2) is 5.09. The monoisotopic (exact) mass is 227 g/mol. The van der Waals surface area contributed by atoms with Crippen molar-refractivity contribution in [3.05, 3.63) is 0 Å². The fourth-order valence-corrected chi connectivity index (χ4v) is 3.64. The zero-order valence-electron chi connectivity index (χ0n) is 10.0. The van der Waals surface area contributed by atoms with E-state index in [0.717, 1.165) is 11.8 Å². The Hall–Kier alpha value is 0.310. The van der Waals surface area contributed by atoms with Gasteiger partial charge in [-0.25, -0.2) is 0 Å². The zero-order valence-corrected chi connectivity index (χ0v) is 10.9. The van der Waals surface area contributed by atoms with Crippen LogP contribution >= 0.6 is 12.6 Å². The van der Waals surface area contributed by atoms with Crippen LogP contribution in [0.25, 0.3) is 0 Å². The molecule has 0 bridgehead atoms. The lowest BCUT2D eigenvalue weighted by molar-refractivity contribution is 0.0697. The van der Waals surface area contributed by atoms with E-state index in [1.165, 1.54) is 57.9 Å². The van der Waals surface area contributed by atoms with Crippen molar-refractivity contribution in [2.45, 2.75) is 57.4 Å². The molecule has 2 fully saturated rings. The molecule has 0 atom stereocenters. The van der Waals surface area contributed by atoms with Crippen LogP contribution in [0, 0.1) is 5.41 Å². The highest BCUT2D eigenvalue weighted by atomic mass is 32.1. The first-order valence-electron chi connectivity index (χ1n) is 6.57. The Balaban J connectivity index is 1.82. The molecule has 0 aromatic rings. The van der Waals surface area contributed by atoms with Gasteiger partial charge in [0.15, 0.2) is 0 Å². The second-order valence-corrected chi connectivity index (χ2v) is 6.03. The Morgan fingerprint density at radius 1 is 1.13 bits per heavy atom. The quantitative estimate of drug-likeness (QED) is 0.721. The molecule has 0 spiro atoms. The minimum absolute atomic E-state index is 0.579. The minimum atomic E-state index is 0.579. The van der Waals surface area contributed by atoms with Crippen LogP contribution in [0.5, 0.6) is 0 Å². The lowest BCUT2D eigenvalue weighted by atomic mass is 9.69. The molecule has 2 rings (SSSR count). The molecule has 2 aliphatic carbocycles. The first-order chi connectivity index (χ1) is 7.26. The standard InChI is InChI=1S/C13H25NS/c1-14(12-6-3-2-4-7-12)10-13(11-15)8-5-9-13/h12,15H,2-11H2,1H3. The predicted molar refractivity (Wildman–Crippen MR) is 69.6 cm³/mol. The van der Waals surface area contributed by atoms with Crippen molar-refractivity contribution in [3.8, 4) is 0 Å². The normalized spacial score (nSPS) is 26.6. The van der Waals surface area contributed by atoms with E-state index in [4.69, 9.17) is 0 Å². The molecule has 0 radical (unpaired) electrons. The van der Waals surface area contributed by atoms with Crippen molar-refractivity contribution in [3.63, 3.8) is 0 Å². The molecule has 0 aliphatic heterocycles. The van der Waals surface area contributed by atoms with Crippen LogP contribution in [0.15, 0.2) is 0 Å². The largest absolute Gasteiger partial charge is 0.303 e. The molecular formula is C13H25NS. The van der Waals surface area contributed by atoms with Crippen LogP contribution in [0.1, 0.15) is 51.4 Å². The van der Waals surface area contributed by atoms with Crippen LogP contribution < -0.4 is 0 Å². The summed E-state index contributed by atoms with van der Waals surface area (Å²) in [6.07, 6.45) is 11.5. The molecule has 1 nitrogen and oxygen atoms in total. The van der Waals surface area contributed by atoms with Gasteiger partial charge in [0.05, 0.1) is 0 Å². The van der Waals surface area contributed by atoms with Crippen LogP contribution in [0.3, 0.4) is 0 Å². The second-order valence-electron chi connectivity index (χ2n) is 5.72. The van der Waals surface area contributed by atoms with Gasteiger partial charge in [-0.15, -0.1) is 0 Å². The third kappa shape index (κ3) is 2.71. The molecule has 0 amide bonds. The molecule has 88 valence electrons. The van der Waals surface area contributed by atoms with Gasteiger partial charge in [-0.1, -0.05) is 25.7 Å². The molecule has 0 aromatic carbocycles. The number of rotatable bonds is 4. The van der Waals surface area contributed by atoms with Crippen molar-refractivity contribution in [2.75, 3.05) is 19.3 Å². The van der Waals surface area contributed by atoms with Crippen molar-refractivity contribution in [2.24, 2.45) is 5.41 Å². The molecule has 15 heavy (non-hydrogen) atoms. The number of thiol groups is 1. The summed E-state index contributed by atoms with van der Waals surface area (Å²) >= 11 is 4.54. The van der Waals surface area contributed by atoms with Gasteiger partial charge >= 0.3 is 0 Å². The third-order valence-corrected chi connectivity index (χ3v) is 5.20. The van der Waals surface area contributed by atoms with Gasteiger partial charge in [0.1, 0.15) is 0 Å². The fraction of sp³-hybridized carbons (Fsp3) is 1.00. The predicted octanol–water partition coefficient (Wildman–Crippen LogP) is 3.35. The van der Waals surface area contributed by atoms with E-state index in [-0.39, 0.29) is 0 Å². The molecule has 2 aliphatic rings. The van der Waals surface area contributed by atoms with Crippen molar-refractivity contribution in [1.29, 1.82) is 0 Å². The van der Waals surface area contributed by atoms with E-state index < -0.39 is 0 Å². The average molecular weight is 227 g/mol. The van der Waals surface area contributed by atoms with Gasteiger partial charge in [0.25, 0.3) is 0 Å². The molecule has 0 heterocycles. The summed E-state index contributed by atoms with van der Waals surface area (Å²) in [7, 11) is 2.33. The lowest BCUT2D eigenvalue weighted by Gasteiger charge is -2.45. The molecule has 0 unspecified atom stereocenters. The van der Waals surface area contributed by atoms with Crippen LogP contribution in [0.2, 0.25) is 0 Å². The lowest BCUT2D eigenvalue weighted by Crippen LogP contribution is -2.46. The highest BCUT2D eigenvalue weighted by molar-refractivity contribution is 7.80. The average Bonchev–Trinajstić information content (AvgIpc) is 2.24. The maximum Gasteiger partial charge on any atom is 0.00924 e. The summed E-state index contributed by atoms with van der Waals surface area (Å²) in [6.45, 7) is 1.29. The Kier molecular flexibility index (Phi) is 4.00. The Morgan fingerprint density at radius 3 is 2.27 bits per heavy atom. The van der Waals surface area contributed by atoms with Gasteiger partial charge in [-0.2, -0.15) is 12.6 Å². The van der Waals surface area contributed by atoms with E-state index in [0.29, 0.717) is 5.41 Å². The van der Waals surface area contributed by atoms with Gasteiger partial charge in [0.2, 0.25) is 0 Å². The van der Waals surface area contributed by atoms with Gasteiger partial charge in [-0.05, 0) is 43.9 Å². The summed E-state index contributed by atoms with van der Waals surface area (Å²) in [5.41, 5.74) is 0.579. The van der Waals surface area contributed by atoms with Crippen molar-refractivity contribution < 1.29 is 0 Å². The Morgan fingerprint density at radius 2 is 1.80 bits per heavy atom. The highest BCUT2D eigenvalue weighted by Gasteiger charge is 2.37. The van der Waals surface area contributed by atoms with E-state index >= 15 is 0 Å². The molecule has 2 heteroatoms. The number of nitrogens with zero attached hydrogens (tertiary/aromatic N) is 1. The van der Waals surface area contributed by atoms with Gasteiger partial charge < -0.3 is 4.90 Å². The molecule has 0 saturated heterocycles. The van der Waals surface area contributed by atoms with Crippen molar-refractivity contribution in [1.82, 2.24) is 4.90 Å². The maximum atomic E-state index is 4.54. The third-order valence-electron chi connectivity index (χ3n) is 4.53. The Bertz CT molecular complexity index is 189. The topological polar surface area (TPSA) is 3.24 Å². The highest BCUT2D eigenvalue weighted by Crippen LogP contribution is 2.43. The summed E-state index contributed by atoms with van der Waals surface area (Å²) < 4.78 is 0. The number of hydrogen-bond donors (Lipinski definition) is 1. The minimum Gasteiger partial charge on any atom is -0.303 e. The zero-order chi connectivity index (χ0) is 10.7. The smallest absolute Gasteiger partial charge is 0.00924 e. The fourth-order valence-electron chi connectivity index (χ4n) is 3.22. The molecule has 2 saturated carbocycles. The summed E-state index contributed by atoms with van der Waals surface area (Å²) in [5, 5.41) is 0. The first-order valence-corrected chi connectivity index (χ1v) is 7.20. The van der Waals surface area contributed by atoms with E-state index in [2.05, 4.69) is 24.6 Å². The van der Waals surface area contributed by atoms with E-state index in [1.807, 2.05) is 0 Å². The van der Waals surface area contributed by atoms with Crippen LogP contribution in [-0.4, -0.2) is 30.3 Å². The number of hydrogen-bond acceptors (Lipinski definition) is 2. The first kappa shape index (κ1) is 11.8. The maximum absolute atomic E-state index is 4.54. The SMILES string of the molecule is CN(CC1(CS)CCC1)C1CCCCC1. The van der Waals surface area contributed by atoms with Gasteiger partial charge in [-0.3, -0.25) is 0 Å². The van der Waals surface area contributed by atoms with Gasteiger partial charge in [0, 0.05) is 12.6 Å². The summed E-state index contributed by atoms with van der Waals surface area (Å²) in [6, 6.07) is 0.871.